The Hall–Kier alpha value is -0.100. The maximum Gasteiger partial charge on any atom is 0.214 e. The molecule has 1 aromatic rings. The lowest BCUT2D eigenvalue weighted by Gasteiger charge is -2.26. The molecule has 0 aromatic carbocycles. The van der Waals surface area contributed by atoms with E-state index < -0.39 is 10.0 Å². The van der Waals surface area contributed by atoms with Gasteiger partial charge in [-0.15, -0.1) is 22.9 Å². The molecule has 3 nitrogen and oxygen atoms in total. The first-order chi connectivity index (χ1) is 7.63. The Labute approximate surface area is 105 Å². The van der Waals surface area contributed by atoms with Gasteiger partial charge in [0.2, 0.25) is 10.0 Å². The van der Waals surface area contributed by atoms with Gasteiger partial charge in [0.1, 0.15) is 0 Å². The molecule has 0 fully saturated rings. The van der Waals surface area contributed by atoms with Crippen molar-refractivity contribution in [2.24, 2.45) is 0 Å². The molecule has 0 bridgehead atoms. The van der Waals surface area contributed by atoms with Crippen molar-refractivity contribution in [1.82, 2.24) is 4.31 Å². The van der Waals surface area contributed by atoms with Gasteiger partial charge in [-0.1, -0.05) is 0 Å². The van der Waals surface area contributed by atoms with Crippen LogP contribution in [0.3, 0.4) is 0 Å². The minimum Gasteiger partial charge on any atom is -0.212 e. The van der Waals surface area contributed by atoms with Crippen molar-refractivity contribution in [2.45, 2.75) is 19.4 Å². The topological polar surface area (TPSA) is 37.4 Å². The van der Waals surface area contributed by atoms with E-state index in [-0.39, 0.29) is 5.75 Å². The van der Waals surface area contributed by atoms with Gasteiger partial charge >= 0.3 is 0 Å². The third-order valence-corrected chi connectivity index (χ3v) is 5.90. The number of halogens is 1. The summed E-state index contributed by atoms with van der Waals surface area (Å²) in [4.78, 5) is 1.32. The molecule has 90 valence electrons. The zero-order chi connectivity index (χ0) is 11.6. The predicted octanol–water partition coefficient (Wildman–Crippen LogP) is 2.06. The molecule has 0 unspecified atom stereocenters. The average Bonchev–Trinajstić information content (AvgIpc) is 2.73. The fraction of sp³-hybridized carbons (Fsp3) is 0.600. The Morgan fingerprint density at radius 2 is 2.31 bits per heavy atom. The number of rotatable bonds is 4. The summed E-state index contributed by atoms with van der Waals surface area (Å²) in [7, 11) is -3.11. The molecule has 1 aliphatic heterocycles. The zero-order valence-electron chi connectivity index (χ0n) is 8.86. The van der Waals surface area contributed by atoms with Gasteiger partial charge in [0.25, 0.3) is 0 Å². The fourth-order valence-corrected chi connectivity index (χ4v) is 4.48. The summed E-state index contributed by atoms with van der Waals surface area (Å²) in [6, 6.07) is 2.02. The van der Waals surface area contributed by atoms with Crippen molar-refractivity contribution in [3.63, 3.8) is 0 Å². The van der Waals surface area contributed by atoms with Crippen molar-refractivity contribution in [1.29, 1.82) is 0 Å². The third-order valence-electron chi connectivity index (χ3n) is 2.70. The van der Waals surface area contributed by atoms with Gasteiger partial charge in [-0.2, -0.15) is 4.31 Å². The molecule has 0 N–H and O–H groups in total. The Balaban J connectivity index is 2.08. The van der Waals surface area contributed by atoms with Crippen molar-refractivity contribution in [3.05, 3.63) is 21.9 Å². The lowest BCUT2D eigenvalue weighted by Crippen LogP contribution is -2.36. The molecule has 0 radical (unpaired) electrons. The molecule has 1 aromatic heterocycles. The molecule has 0 saturated carbocycles. The number of alkyl halides is 1. The van der Waals surface area contributed by atoms with Crippen molar-refractivity contribution >= 4 is 33.0 Å². The van der Waals surface area contributed by atoms with Crippen LogP contribution in [0, 0.1) is 0 Å². The van der Waals surface area contributed by atoms with Gasteiger partial charge in [0.15, 0.2) is 0 Å². The van der Waals surface area contributed by atoms with Crippen LogP contribution in [0.1, 0.15) is 16.9 Å². The number of nitrogens with zero attached hydrogens (tertiary/aromatic N) is 1. The molecule has 0 saturated heterocycles. The van der Waals surface area contributed by atoms with Gasteiger partial charge in [-0.25, -0.2) is 8.42 Å². The van der Waals surface area contributed by atoms with Crippen LogP contribution in [0.4, 0.5) is 0 Å². The molecule has 6 heteroatoms. The van der Waals surface area contributed by atoms with Crippen molar-refractivity contribution in [3.8, 4) is 0 Å². The first kappa shape index (κ1) is 12.4. The van der Waals surface area contributed by atoms with Crippen LogP contribution in [-0.2, 0) is 23.0 Å². The lowest BCUT2D eigenvalue weighted by molar-refractivity contribution is 0.394. The molecule has 16 heavy (non-hydrogen) atoms. The second-order valence-corrected chi connectivity index (χ2v) is 7.28. The maximum absolute atomic E-state index is 11.9. The number of hydrogen-bond donors (Lipinski definition) is 0. The van der Waals surface area contributed by atoms with Crippen LogP contribution in [0.15, 0.2) is 11.4 Å². The van der Waals surface area contributed by atoms with E-state index in [0.29, 0.717) is 25.4 Å². The predicted molar refractivity (Wildman–Crippen MR) is 67.6 cm³/mol. The van der Waals surface area contributed by atoms with Gasteiger partial charge in [-0.05, 0) is 29.9 Å². The third kappa shape index (κ3) is 2.59. The van der Waals surface area contributed by atoms with Crippen LogP contribution >= 0.6 is 22.9 Å². The van der Waals surface area contributed by atoms with Crippen LogP contribution in [0.5, 0.6) is 0 Å². The first-order valence-corrected chi connectivity index (χ1v) is 8.25. The molecule has 0 atom stereocenters. The number of fused-ring (bicyclic) bond motifs is 1. The van der Waals surface area contributed by atoms with Crippen LogP contribution in [0.25, 0.3) is 0 Å². The summed E-state index contributed by atoms with van der Waals surface area (Å²) in [5.74, 6) is 0.562. The highest BCUT2D eigenvalue weighted by Crippen LogP contribution is 2.25. The summed E-state index contributed by atoms with van der Waals surface area (Å²) >= 11 is 7.24. The Bertz CT molecular complexity index is 455. The monoisotopic (exact) mass is 279 g/mol. The Morgan fingerprint density at radius 1 is 1.50 bits per heavy atom. The molecule has 0 aliphatic carbocycles. The van der Waals surface area contributed by atoms with Gasteiger partial charge in [0.05, 0.1) is 5.75 Å². The molecular formula is C10H14ClNO2S2. The quantitative estimate of drug-likeness (QED) is 0.791. The van der Waals surface area contributed by atoms with Crippen LogP contribution in [0.2, 0.25) is 0 Å². The molecule has 2 heterocycles. The van der Waals surface area contributed by atoms with Gasteiger partial charge < -0.3 is 0 Å². The number of thiophene rings is 1. The first-order valence-electron chi connectivity index (χ1n) is 5.22. The largest absolute Gasteiger partial charge is 0.214 e. The molecule has 0 spiro atoms. The maximum atomic E-state index is 11.9. The van der Waals surface area contributed by atoms with E-state index in [9.17, 15) is 8.42 Å². The zero-order valence-corrected chi connectivity index (χ0v) is 11.2. The highest BCUT2D eigenvalue weighted by molar-refractivity contribution is 7.89. The van der Waals surface area contributed by atoms with E-state index in [1.807, 2.05) is 11.4 Å². The van der Waals surface area contributed by atoms with Crippen LogP contribution < -0.4 is 0 Å². The molecular weight excluding hydrogens is 266 g/mol. The summed E-state index contributed by atoms with van der Waals surface area (Å²) in [6.07, 6.45) is 1.37. The highest BCUT2D eigenvalue weighted by atomic mass is 35.5. The fourth-order valence-electron chi connectivity index (χ4n) is 1.83. The number of sulfonamides is 1. The van der Waals surface area contributed by atoms with Crippen molar-refractivity contribution < 1.29 is 8.42 Å². The molecule has 1 aliphatic rings. The smallest absolute Gasteiger partial charge is 0.212 e. The van der Waals surface area contributed by atoms with Crippen LogP contribution in [-0.4, -0.2) is 30.9 Å². The Kier molecular flexibility index (Phi) is 3.89. The van der Waals surface area contributed by atoms with Crippen molar-refractivity contribution in [2.75, 3.05) is 18.2 Å². The Morgan fingerprint density at radius 3 is 3.06 bits per heavy atom. The summed E-state index contributed by atoms with van der Waals surface area (Å²) in [6.45, 7) is 1.14. The van der Waals surface area contributed by atoms with Gasteiger partial charge in [-0.3, -0.25) is 0 Å². The minimum absolute atomic E-state index is 0.163. The summed E-state index contributed by atoms with van der Waals surface area (Å²) in [5, 5.41) is 2.03. The standard InChI is InChI=1S/C10H14ClNO2S2/c11-4-1-7-16(13,14)12-5-2-10-9(8-12)3-6-15-10/h3,6H,1-2,4-5,7-8H2. The summed E-state index contributed by atoms with van der Waals surface area (Å²) < 4.78 is 25.5. The van der Waals surface area contributed by atoms with E-state index in [2.05, 4.69) is 0 Å². The normalized spacial score (nSPS) is 17.3. The van der Waals surface area contributed by atoms with E-state index in [0.717, 1.165) is 12.0 Å². The average molecular weight is 280 g/mol. The second-order valence-electron chi connectivity index (χ2n) is 3.81. The second kappa shape index (κ2) is 5.04. The van der Waals surface area contributed by atoms with E-state index >= 15 is 0 Å². The highest BCUT2D eigenvalue weighted by Gasteiger charge is 2.26. The molecule has 0 amide bonds. The SMILES string of the molecule is O=S(=O)(CCCCl)N1CCc2sccc2C1. The van der Waals surface area contributed by atoms with E-state index in [1.165, 1.54) is 4.88 Å². The van der Waals surface area contributed by atoms with E-state index in [1.54, 1.807) is 15.6 Å². The van der Waals surface area contributed by atoms with E-state index in [4.69, 9.17) is 11.6 Å². The molecule has 2 rings (SSSR count). The number of hydrogen-bond acceptors (Lipinski definition) is 3. The van der Waals surface area contributed by atoms with Gasteiger partial charge in [0, 0.05) is 23.8 Å². The summed E-state index contributed by atoms with van der Waals surface area (Å²) in [5.41, 5.74) is 1.16. The lowest BCUT2D eigenvalue weighted by atomic mass is 10.1. The minimum atomic E-state index is -3.11.